The molecule has 0 atom stereocenters. The maximum atomic E-state index is 5.16. The highest BCUT2D eigenvalue weighted by Gasteiger charge is 2.02. The Bertz CT molecular complexity index is 616. The van der Waals surface area contributed by atoms with Gasteiger partial charge in [0.1, 0.15) is 0 Å². The summed E-state index contributed by atoms with van der Waals surface area (Å²) in [5.74, 6) is 0. The Morgan fingerprint density at radius 1 is 0.941 bits per heavy atom. The Hall–Kier alpha value is -2.16. The van der Waals surface area contributed by atoms with Gasteiger partial charge in [-0.1, -0.05) is 30.3 Å². The fourth-order valence-corrected chi connectivity index (χ4v) is 1.85. The molecule has 0 aliphatic rings. The lowest BCUT2D eigenvalue weighted by Gasteiger charge is -2.00. The molecule has 84 valence electrons. The minimum atomic E-state index is 0.690. The third kappa shape index (κ3) is 2.18. The van der Waals surface area contributed by atoms with Crippen LogP contribution in [-0.4, -0.2) is 9.97 Å². The van der Waals surface area contributed by atoms with Gasteiger partial charge in [0.15, 0.2) is 17.6 Å². The lowest BCUT2D eigenvalue weighted by molar-refractivity contribution is 0.602. The molecule has 2 heterocycles. The fourth-order valence-electron chi connectivity index (χ4n) is 1.85. The molecule has 0 aliphatic carbocycles. The Kier molecular flexibility index (Phi) is 2.58. The predicted molar refractivity (Wildman–Crippen MR) is 65.7 cm³/mol. The van der Waals surface area contributed by atoms with E-state index in [0.29, 0.717) is 5.65 Å². The van der Waals surface area contributed by atoms with Crippen molar-refractivity contribution in [3.63, 3.8) is 0 Å². The maximum Gasteiger partial charge on any atom is 0.198 e. The summed E-state index contributed by atoms with van der Waals surface area (Å²) >= 11 is 0. The molecule has 2 aromatic heterocycles. The largest absolute Gasteiger partial charge is 0.442 e. The highest BCUT2D eigenvalue weighted by Crippen LogP contribution is 2.12. The first-order valence-electron chi connectivity index (χ1n) is 5.65. The zero-order valence-corrected chi connectivity index (χ0v) is 9.34. The van der Waals surface area contributed by atoms with Crippen LogP contribution in [0.25, 0.3) is 11.2 Å². The van der Waals surface area contributed by atoms with Crippen molar-refractivity contribution in [3.05, 3.63) is 60.1 Å². The molecular formula is C14H12N2O. The van der Waals surface area contributed by atoms with E-state index in [1.54, 1.807) is 0 Å². The molecule has 0 saturated carbocycles. The molecule has 17 heavy (non-hydrogen) atoms. The molecule has 3 nitrogen and oxygen atoms in total. The first kappa shape index (κ1) is 10.0. The summed E-state index contributed by atoms with van der Waals surface area (Å²) in [6.07, 6.45) is 3.35. The Morgan fingerprint density at radius 2 is 1.82 bits per heavy atom. The van der Waals surface area contributed by atoms with Crippen LogP contribution in [0.3, 0.4) is 0 Å². The number of aromatic nitrogens is 2. The highest BCUT2D eigenvalue weighted by atomic mass is 16.3. The summed E-state index contributed by atoms with van der Waals surface area (Å²) in [6, 6.07) is 14.3. The molecule has 0 radical (unpaired) electrons. The highest BCUT2D eigenvalue weighted by molar-refractivity contribution is 5.66. The molecule has 0 aliphatic heterocycles. The van der Waals surface area contributed by atoms with Gasteiger partial charge < -0.3 is 4.42 Å². The summed E-state index contributed by atoms with van der Waals surface area (Å²) in [4.78, 5) is 8.50. The van der Waals surface area contributed by atoms with Crippen molar-refractivity contribution in [3.8, 4) is 0 Å². The first-order valence-corrected chi connectivity index (χ1v) is 5.65. The van der Waals surface area contributed by atoms with Crippen LogP contribution in [-0.2, 0) is 12.8 Å². The number of nitrogens with zero attached hydrogens (tertiary/aromatic N) is 2. The quantitative estimate of drug-likeness (QED) is 0.686. The summed E-state index contributed by atoms with van der Waals surface area (Å²) in [5, 5.41) is 0. The van der Waals surface area contributed by atoms with Crippen LogP contribution in [0.15, 0.2) is 53.3 Å². The van der Waals surface area contributed by atoms with Crippen LogP contribution < -0.4 is 0 Å². The third-order valence-corrected chi connectivity index (χ3v) is 2.76. The van der Waals surface area contributed by atoms with E-state index < -0.39 is 0 Å². The normalized spacial score (nSPS) is 10.8. The van der Waals surface area contributed by atoms with Gasteiger partial charge >= 0.3 is 0 Å². The minimum Gasteiger partial charge on any atom is -0.442 e. The standard InChI is InChI=1S/C14H12N2O/c1-2-4-11(5-3-1)6-7-12-8-9-13-14(16-12)15-10-17-13/h1-5,8-10H,6-7H2. The van der Waals surface area contributed by atoms with E-state index in [-0.39, 0.29) is 0 Å². The number of pyridine rings is 1. The molecule has 0 amide bonds. The van der Waals surface area contributed by atoms with E-state index in [2.05, 4.69) is 34.2 Å². The summed E-state index contributed by atoms with van der Waals surface area (Å²) in [5.41, 5.74) is 3.81. The van der Waals surface area contributed by atoms with Gasteiger partial charge in [-0.3, -0.25) is 0 Å². The van der Waals surface area contributed by atoms with E-state index in [4.69, 9.17) is 4.42 Å². The number of oxazole rings is 1. The number of hydrogen-bond donors (Lipinski definition) is 0. The number of hydrogen-bond acceptors (Lipinski definition) is 3. The van der Waals surface area contributed by atoms with Crippen molar-refractivity contribution >= 4 is 11.2 Å². The van der Waals surface area contributed by atoms with Crippen LogP contribution in [0.1, 0.15) is 11.3 Å². The third-order valence-electron chi connectivity index (χ3n) is 2.76. The maximum absolute atomic E-state index is 5.16. The van der Waals surface area contributed by atoms with Crippen molar-refractivity contribution < 1.29 is 4.42 Å². The second kappa shape index (κ2) is 4.37. The zero-order chi connectivity index (χ0) is 11.5. The molecule has 0 bridgehead atoms. The SMILES string of the molecule is c1ccc(CCc2ccc3ocnc3n2)cc1. The van der Waals surface area contributed by atoms with Crippen LogP contribution in [0.4, 0.5) is 0 Å². The van der Waals surface area contributed by atoms with E-state index in [1.807, 2.05) is 18.2 Å². The average Bonchev–Trinajstić information content (AvgIpc) is 2.85. The molecular weight excluding hydrogens is 212 g/mol. The lowest BCUT2D eigenvalue weighted by Crippen LogP contribution is -1.94. The topological polar surface area (TPSA) is 38.9 Å². The molecule has 0 N–H and O–H groups in total. The zero-order valence-electron chi connectivity index (χ0n) is 9.34. The minimum absolute atomic E-state index is 0.690. The Labute approximate surface area is 99.1 Å². The van der Waals surface area contributed by atoms with Crippen molar-refractivity contribution in [1.82, 2.24) is 9.97 Å². The second-order valence-electron chi connectivity index (χ2n) is 3.96. The van der Waals surface area contributed by atoms with Crippen LogP contribution >= 0.6 is 0 Å². The monoisotopic (exact) mass is 224 g/mol. The smallest absolute Gasteiger partial charge is 0.198 e. The molecule has 3 rings (SSSR count). The van der Waals surface area contributed by atoms with Crippen molar-refractivity contribution in [2.45, 2.75) is 12.8 Å². The van der Waals surface area contributed by atoms with Gasteiger partial charge in [-0.05, 0) is 30.5 Å². The second-order valence-corrected chi connectivity index (χ2v) is 3.96. The number of aryl methyl sites for hydroxylation is 2. The average molecular weight is 224 g/mol. The van der Waals surface area contributed by atoms with Crippen molar-refractivity contribution in [1.29, 1.82) is 0 Å². The Balaban J connectivity index is 1.76. The molecule has 1 aromatic carbocycles. The van der Waals surface area contributed by atoms with Gasteiger partial charge in [-0.25, -0.2) is 4.98 Å². The van der Waals surface area contributed by atoms with Crippen molar-refractivity contribution in [2.24, 2.45) is 0 Å². The van der Waals surface area contributed by atoms with E-state index in [9.17, 15) is 0 Å². The van der Waals surface area contributed by atoms with Gasteiger partial charge in [-0.2, -0.15) is 4.98 Å². The van der Waals surface area contributed by atoms with E-state index in [0.717, 1.165) is 24.1 Å². The number of rotatable bonds is 3. The summed E-state index contributed by atoms with van der Waals surface area (Å²) in [7, 11) is 0. The molecule has 3 heteroatoms. The van der Waals surface area contributed by atoms with Gasteiger partial charge in [-0.15, -0.1) is 0 Å². The molecule has 3 aromatic rings. The summed E-state index contributed by atoms with van der Waals surface area (Å²) in [6.45, 7) is 0. The molecule has 0 spiro atoms. The van der Waals surface area contributed by atoms with E-state index >= 15 is 0 Å². The van der Waals surface area contributed by atoms with Gasteiger partial charge in [0.2, 0.25) is 0 Å². The number of benzene rings is 1. The van der Waals surface area contributed by atoms with Gasteiger partial charge in [0.05, 0.1) is 0 Å². The molecule has 0 saturated heterocycles. The summed E-state index contributed by atoms with van der Waals surface area (Å²) < 4.78 is 5.16. The fraction of sp³-hybridized carbons (Fsp3) is 0.143. The van der Waals surface area contributed by atoms with Crippen LogP contribution in [0.2, 0.25) is 0 Å². The number of fused-ring (bicyclic) bond motifs is 1. The predicted octanol–water partition coefficient (Wildman–Crippen LogP) is 3.01. The first-order chi connectivity index (χ1) is 8.42. The van der Waals surface area contributed by atoms with E-state index in [1.165, 1.54) is 12.0 Å². The lowest BCUT2D eigenvalue weighted by atomic mass is 10.1. The molecule has 0 fully saturated rings. The van der Waals surface area contributed by atoms with Crippen molar-refractivity contribution in [2.75, 3.05) is 0 Å². The van der Waals surface area contributed by atoms with Gasteiger partial charge in [0.25, 0.3) is 0 Å². The Morgan fingerprint density at radius 3 is 2.71 bits per heavy atom. The van der Waals surface area contributed by atoms with Crippen LogP contribution in [0, 0.1) is 0 Å². The van der Waals surface area contributed by atoms with Crippen LogP contribution in [0.5, 0.6) is 0 Å². The molecule has 0 unspecified atom stereocenters. The van der Waals surface area contributed by atoms with Gasteiger partial charge in [0, 0.05) is 5.69 Å².